The average molecular weight is 396 g/mol. The van der Waals surface area contributed by atoms with E-state index < -0.39 is 5.79 Å². The number of anilines is 1. The minimum Gasteiger partial charge on any atom is -0.496 e. The van der Waals surface area contributed by atoms with Gasteiger partial charge in [0.1, 0.15) is 5.75 Å². The van der Waals surface area contributed by atoms with E-state index in [1.54, 1.807) is 7.11 Å². The second-order valence-corrected chi connectivity index (χ2v) is 7.73. The molecule has 6 heteroatoms. The number of fused-ring (bicyclic) bond motifs is 1. The van der Waals surface area contributed by atoms with Gasteiger partial charge in [0, 0.05) is 36.2 Å². The fraction of sp³-hybridized carbons (Fsp3) is 0.435. The molecule has 0 bridgehead atoms. The summed E-state index contributed by atoms with van der Waals surface area (Å²) >= 11 is 0. The number of hydrogen-bond acceptors (Lipinski definition) is 5. The van der Waals surface area contributed by atoms with Gasteiger partial charge in [0.15, 0.2) is 11.5 Å². The molecular formula is C23H28N2O4. The number of hydrogen-bond donors (Lipinski definition) is 2. The van der Waals surface area contributed by atoms with E-state index in [4.69, 9.17) is 14.2 Å². The number of ether oxygens (including phenoxy) is 3. The lowest BCUT2D eigenvalue weighted by molar-refractivity contribution is -0.115. The standard InChI is InChI=1S/C23H28N2O4/c1-16(18-8-4-5-9-19(18)27-2)24-15-22(26)25-17-10-11-20-21(14-17)29-23(28-20)12-6-3-7-13-23/h4-5,8-11,14,16,24H,3,6-7,12-13,15H2,1-2H3,(H,25,26)/t16-/m1/s1. The maximum absolute atomic E-state index is 12.4. The third-order valence-electron chi connectivity index (χ3n) is 5.61. The Balaban J connectivity index is 1.33. The quantitative estimate of drug-likeness (QED) is 0.757. The van der Waals surface area contributed by atoms with Gasteiger partial charge in [-0.25, -0.2) is 0 Å². The van der Waals surface area contributed by atoms with Crippen molar-refractivity contribution in [1.29, 1.82) is 0 Å². The first-order valence-electron chi connectivity index (χ1n) is 10.3. The molecule has 4 rings (SSSR count). The Kier molecular flexibility index (Phi) is 5.62. The molecule has 1 heterocycles. The van der Waals surface area contributed by atoms with Gasteiger partial charge in [0.05, 0.1) is 13.7 Å². The molecule has 29 heavy (non-hydrogen) atoms. The predicted octanol–water partition coefficient (Wildman–Crippen LogP) is 4.42. The molecule has 154 valence electrons. The molecule has 2 aliphatic rings. The highest BCUT2D eigenvalue weighted by atomic mass is 16.7. The summed E-state index contributed by atoms with van der Waals surface area (Å²) in [5.41, 5.74) is 1.72. The zero-order valence-electron chi connectivity index (χ0n) is 17.0. The first-order chi connectivity index (χ1) is 14.1. The van der Waals surface area contributed by atoms with Crippen molar-refractivity contribution in [3.8, 4) is 17.2 Å². The predicted molar refractivity (Wildman–Crippen MR) is 112 cm³/mol. The third kappa shape index (κ3) is 4.32. The number of amides is 1. The van der Waals surface area contributed by atoms with Crippen molar-refractivity contribution < 1.29 is 19.0 Å². The van der Waals surface area contributed by atoms with Gasteiger partial charge in [-0.3, -0.25) is 4.79 Å². The fourth-order valence-electron chi connectivity index (χ4n) is 4.05. The molecule has 1 aliphatic heterocycles. The van der Waals surface area contributed by atoms with Crippen LogP contribution in [0.5, 0.6) is 17.2 Å². The monoisotopic (exact) mass is 396 g/mol. The van der Waals surface area contributed by atoms with Crippen molar-refractivity contribution in [2.24, 2.45) is 0 Å². The topological polar surface area (TPSA) is 68.8 Å². The maximum atomic E-state index is 12.4. The Morgan fingerprint density at radius 2 is 1.86 bits per heavy atom. The van der Waals surface area contributed by atoms with Crippen LogP contribution in [-0.4, -0.2) is 25.3 Å². The van der Waals surface area contributed by atoms with E-state index in [0.717, 1.165) is 42.7 Å². The Morgan fingerprint density at radius 1 is 1.10 bits per heavy atom. The number of para-hydroxylation sites is 1. The molecule has 6 nitrogen and oxygen atoms in total. The second-order valence-electron chi connectivity index (χ2n) is 7.73. The molecule has 2 aromatic rings. The smallest absolute Gasteiger partial charge is 0.251 e. The van der Waals surface area contributed by atoms with Gasteiger partial charge in [-0.2, -0.15) is 0 Å². The van der Waals surface area contributed by atoms with Gasteiger partial charge in [-0.1, -0.05) is 24.6 Å². The Labute approximate surface area is 171 Å². The minimum absolute atomic E-state index is 0.0141. The summed E-state index contributed by atoms with van der Waals surface area (Å²) in [6.07, 6.45) is 5.29. The number of nitrogens with one attached hydrogen (secondary N) is 2. The van der Waals surface area contributed by atoms with Crippen LogP contribution in [-0.2, 0) is 4.79 Å². The lowest BCUT2D eigenvalue weighted by atomic mass is 9.94. The van der Waals surface area contributed by atoms with Gasteiger partial charge in [0.2, 0.25) is 5.91 Å². The van der Waals surface area contributed by atoms with Crippen LogP contribution in [0.2, 0.25) is 0 Å². The molecule has 2 N–H and O–H groups in total. The number of rotatable bonds is 6. The average Bonchev–Trinajstić information content (AvgIpc) is 3.08. The minimum atomic E-state index is -0.505. The van der Waals surface area contributed by atoms with Gasteiger partial charge < -0.3 is 24.8 Å². The van der Waals surface area contributed by atoms with Crippen molar-refractivity contribution in [3.63, 3.8) is 0 Å². The van der Waals surface area contributed by atoms with Crippen molar-refractivity contribution in [2.75, 3.05) is 19.0 Å². The van der Waals surface area contributed by atoms with Crippen LogP contribution in [0.3, 0.4) is 0 Å². The number of carbonyl (C=O) groups is 1. The number of methoxy groups -OCH3 is 1. The van der Waals surface area contributed by atoms with Crippen molar-refractivity contribution in [1.82, 2.24) is 5.32 Å². The first kappa shape index (κ1) is 19.6. The van der Waals surface area contributed by atoms with Gasteiger partial charge in [-0.15, -0.1) is 0 Å². The van der Waals surface area contributed by atoms with Crippen LogP contribution in [0.4, 0.5) is 5.69 Å². The molecule has 1 spiro atoms. The van der Waals surface area contributed by atoms with Crippen molar-refractivity contribution >= 4 is 11.6 Å². The molecule has 1 amide bonds. The highest BCUT2D eigenvalue weighted by molar-refractivity contribution is 5.92. The molecule has 1 fully saturated rings. The molecule has 2 aromatic carbocycles. The van der Waals surface area contributed by atoms with Crippen LogP contribution in [0, 0.1) is 0 Å². The van der Waals surface area contributed by atoms with E-state index in [1.807, 2.05) is 49.4 Å². The lowest BCUT2D eigenvalue weighted by Crippen LogP contribution is -2.40. The summed E-state index contributed by atoms with van der Waals surface area (Å²) in [6.45, 7) is 2.20. The largest absolute Gasteiger partial charge is 0.496 e. The summed E-state index contributed by atoms with van der Waals surface area (Å²) in [6, 6.07) is 13.4. The zero-order valence-corrected chi connectivity index (χ0v) is 17.0. The second kappa shape index (κ2) is 8.33. The Morgan fingerprint density at radius 3 is 2.66 bits per heavy atom. The molecule has 1 saturated carbocycles. The molecule has 0 unspecified atom stereocenters. The third-order valence-corrected chi connectivity index (χ3v) is 5.61. The number of carbonyl (C=O) groups excluding carboxylic acids is 1. The zero-order chi connectivity index (χ0) is 20.3. The van der Waals surface area contributed by atoms with Crippen LogP contribution >= 0.6 is 0 Å². The fourth-order valence-corrected chi connectivity index (χ4v) is 4.05. The molecule has 1 atom stereocenters. The normalized spacial score (nSPS) is 17.7. The van der Waals surface area contributed by atoms with Gasteiger partial charge in [-0.05, 0) is 38.0 Å². The summed E-state index contributed by atoms with van der Waals surface area (Å²) in [5, 5.41) is 6.17. The van der Waals surface area contributed by atoms with Crippen LogP contribution in [0.25, 0.3) is 0 Å². The van der Waals surface area contributed by atoms with E-state index in [-0.39, 0.29) is 18.5 Å². The van der Waals surface area contributed by atoms with E-state index in [2.05, 4.69) is 10.6 Å². The Bertz CT molecular complexity index is 877. The van der Waals surface area contributed by atoms with Crippen molar-refractivity contribution in [2.45, 2.75) is 50.9 Å². The van der Waals surface area contributed by atoms with E-state index >= 15 is 0 Å². The van der Waals surface area contributed by atoms with Crippen LogP contribution in [0.1, 0.15) is 50.6 Å². The van der Waals surface area contributed by atoms with Crippen LogP contribution < -0.4 is 24.8 Å². The molecule has 0 saturated heterocycles. The highest BCUT2D eigenvalue weighted by Gasteiger charge is 2.42. The molecule has 0 aromatic heterocycles. The van der Waals surface area contributed by atoms with Crippen LogP contribution in [0.15, 0.2) is 42.5 Å². The summed E-state index contributed by atoms with van der Waals surface area (Å²) in [5.74, 6) is 1.65. The van der Waals surface area contributed by atoms with E-state index in [9.17, 15) is 4.79 Å². The van der Waals surface area contributed by atoms with E-state index in [0.29, 0.717) is 11.4 Å². The lowest BCUT2D eigenvalue weighted by Gasteiger charge is -2.31. The molecule has 0 radical (unpaired) electrons. The number of benzene rings is 2. The summed E-state index contributed by atoms with van der Waals surface area (Å²) < 4.78 is 17.6. The summed E-state index contributed by atoms with van der Waals surface area (Å²) in [4.78, 5) is 12.4. The molecule has 1 aliphatic carbocycles. The van der Waals surface area contributed by atoms with E-state index in [1.165, 1.54) is 6.42 Å². The summed E-state index contributed by atoms with van der Waals surface area (Å²) in [7, 11) is 1.65. The van der Waals surface area contributed by atoms with Crippen molar-refractivity contribution in [3.05, 3.63) is 48.0 Å². The first-order valence-corrected chi connectivity index (χ1v) is 10.3. The SMILES string of the molecule is COc1ccccc1[C@@H](C)NCC(=O)Nc1ccc2c(c1)OC1(CCCCC1)O2. The molecular weight excluding hydrogens is 368 g/mol. The van der Waals surface area contributed by atoms with Gasteiger partial charge in [0.25, 0.3) is 5.79 Å². The Hall–Kier alpha value is -2.73. The van der Waals surface area contributed by atoms with Gasteiger partial charge >= 0.3 is 0 Å². The highest BCUT2D eigenvalue weighted by Crippen LogP contribution is 2.46. The maximum Gasteiger partial charge on any atom is 0.251 e.